The number of thioether (sulfide) groups is 1. The lowest BCUT2D eigenvalue weighted by molar-refractivity contribution is -0.121. The molecule has 0 spiro atoms. The number of imide groups is 1. The van der Waals surface area contributed by atoms with Crippen LogP contribution in [0.15, 0.2) is 18.2 Å². The van der Waals surface area contributed by atoms with Gasteiger partial charge in [-0.2, -0.15) is 0 Å². The summed E-state index contributed by atoms with van der Waals surface area (Å²) in [5.74, 6) is 0.207. The molecule has 1 fully saturated rings. The predicted molar refractivity (Wildman–Crippen MR) is 78.9 cm³/mol. The van der Waals surface area contributed by atoms with E-state index in [9.17, 15) is 9.59 Å². The van der Waals surface area contributed by atoms with Gasteiger partial charge in [0.25, 0.3) is 0 Å². The van der Waals surface area contributed by atoms with Crippen LogP contribution in [-0.2, 0) is 9.59 Å². The Morgan fingerprint density at radius 3 is 2.60 bits per heavy atom. The first kappa shape index (κ1) is 17.6. The van der Waals surface area contributed by atoms with Crippen LogP contribution in [0.5, 0.6) is 0 Å². The van der Waals surface area contributed by atoms with Crippen molar-refractivity contribution in [3.63, 3.8) is 0 Å². The van der Waals surface area contributed by atoms with Gasteiger partial charge in [0, 0.05) is 18.7 Å². The Labute approximate surface area is 137 Å². The first-order chi connectivity index (χ1) is 9.04. The Hall–Kier alpha value is -0.460. The van der Waals surface area contributed by atoms with Crippen molar-refractivity contribution < 1.29 is 22.0 Å². The van der Waals surface area contributed by atoms with Crippen molar-refractivity contribution in [3.8, 4) is 0 Å². The van der Waals surface area contributed by atoms with Gasteiger partial charge < -0.3 is 18.1 Å². The molecule has 110 valence electrons. The van der Waals surface area contributed by atoms with Gasteiger partial charge in [0.05, 0.1) is 21.0 Å². The Morgan fingerprint density at radius 1 is 1.30 bits per heavy atom. The zero-order chi connectivity index (χ0) is 14.0. The normalized spacial score (nSPS) is 18.4. The highest BCUT2D eigenvalue weighted by molar-refractivity contribution is 8.00. The maximum atomic E-state index is 12.2. The van der Waals surface area contributed by atoms with E-state index in [1.165, 1.54) is 17.8 Å². The van der Waals surface area contributed by atoms with E-state index >= 15 is 0 Å². The molecule has 0 aromatic heterocycles. The highest BCUT2D eigenvalue weighted by Gasteiger charge is 2.39. The molecule has 1 atom stereocenters. The number of nitrogens with two attached hydrogens (primary N) is 1. The summed E-state index contributed by atoms with van der Waals surface area (Å²) in [6, 6.07) is 4.70. The standard InChI is InChI=1S/C12H12Cl2N2O2S.ClH/c13-8-2-1-7(5-9(8)14)16-11(17)6-10(12(16)18)19-4-3-15;/h1-2,5,10H,3-4,6,15H2;1H/p-1. The van der Waals surface area contributed by atoms with E-state index in [1.54, 1.807) is 12.1 Å². The van der Waals surface area contributed by atoms with E-state index in [-0.39, 0.29) is 35.9 Å². The Balaban J connectivity index is 0.00000200. The summed E-state index contributed by atoms with van der Waals surface area (Å²) in [7, 11) is 0. The Bertz CT molecular complexity index is 527. The highest BCUT2D eigenvalue weighted by atomic mass is 35.5. The molecule has 1 heterocycles. The van der Waals surface area contributed by atoms with Crippen LogP contribution in [0.4, 0.5) is 5.69 Å². The van der Waals surface area contributed by atoms with Crippen LogP contribution in [0.3, 0.4) is 0 Å². The van der Waals surface area contributed by atoms with Crippen molar-refractivity contribution in [2.45, 2.75) is 11.7 Å². The van der Waals surface area contributed by atoms with Gasteiger partial charge >= 0.3 is 0 Å². The quantitative estimate of drug-likeness (QED) is 0.728. The zero-order valence-corrected chi connectivity index (χ0v) is 13.4. The van der Waals surface area contributed by atoms with Crippen molar-refractivity contribution >= 4 is 52.5 Å². The maximum Gasteiger partial charge on any atom is 0.247 e. The van der Waals surface area contributed by atoms with Crippen LogP contribution in [0.1, 0.15) is 6.42 Å². The van der Waals surface area contributed by atoms with Gasteiger partial charge in [-0.15, -0.1) is 11.8 Å². The van der Waals surface area contributed by atoms with Gasteiger partial charge in [-0.05, 0) is 18.2 Å². The fraction of sp³-hybridized carbons (Fsp3) is 0.333. The van der Waals surface area contributed by atoms with Crippen LogP contribution in [-0.4, -0.2) is 29.4 Å². The molecule has 1 aliphatic rings. The van der Waals surface area contributed by atoms with Crippen LogP contribution in [0.25, 0.3) is 0 Å². The van der Waals surface area contributed by atoms with E-state index < -0.39 is 0 Å². The monoisotopic (exact) mass is 353 g/mol. The minimum Gasteiger partial charge on any atom is -1.00 e. The molecule has 8 heteroatoms. The lowest BCUT2D eigenvalue weighted by Crippen LogP contribution is -3.00. The second-order valence-corrected chi connectivity index (χ2v) is 6.14. The summed E-state index contributed by atoms with van der Waals surface area (Å²) in [5, 5.41) is 0.349. The third kappa shape index (κ3) is 3.59. The van der Waals surface area contributed by atoms with Crippen LogP contribution >= 0.6 is 35.0 Å². The number of hydrogen-bond acceptors (Lipinski definition) is 4. The summed E-state index contributed by atoms with van der Waals surface area (Å²) < 4.78 is 0. The number of carbonyl (C=O) groups is 2. The predicted octanol–water partition coefficient (Wildman–Crippen LogP) is -0.679. The molecule has 0 bridgehead atoms. The van der Waals surface area contributed by atoms with Gasteiger partial charge in [0.15, 0.2) is 0 Å². The summed E-state index contributed by atoms with van der Waals surface area (Å²) in [4.78, 5) is 25.3. The van der Waals surface area contributed by atoms with Crippen LogP contribution in [0.2, 0.25) is 10.0 Å². The first-order valence-electron chi connectivity index (χ1n) is 5.68. The molecule has 1 unspecified atom stereocenters. The molecular weight excluding hydrogens is 343 g/mol. The number of rotatable bonds is 4. The number of amides is 2. The molecule has 4 nitrogen and oxygen atoms in total. The molecule has 2 amide bonds. The van der Waals surface area contributed by atoms with Crippen LogP contribution < -0.4 is 23.0 Å². The van der Waals surface area contributed by atoms with Crippen molar-refractivity contribution in [2.24, 2.45) is 5.73 Å². The van der Waals surface area contributed by atoms with Crippen molar-refractivity contribution in [1.29, 1.82) is 0 Å². The second kappa shape index (κ2) is 7.52. The summed E-state index contributed by atoms with van der Waals surface area (Å²) in [6.45, 7) is 0.482. The molecular formula is C12H12Cl3N2O2S-. The van der Waals surface area contributed by atoms with Crippen molar-refractivity contribution in [2.75, 3.05) is 17.2 Å². The third-order valence-electron chi connectivity index (χ3n) is 2.70. The average molecular weight is 355 g/mol. The molecule has 0 saturated carbocycles. The fourth-order valence-corrected chi connectivity index (χ4v) is 3.06. The Kier molecular flexibility index (Phi) is 6.61. The molecule has 1 aromatic carbocycles. The number of halogens is 3. The van der Waals surface area contributed by atoms with Gasteiger partial charge in [-0.25, -0.2) is 4.90 Å². The van der Waals surface area contributed by atoms with Crippen LogP contribution in [0, 0.1) is 0 Å². The fourth-order valence-electron chi connectivity index (χ4n) is 1.84. The number of carbonyl (C=O) groups excluding carboxylic acids is 2. The number of nitrogens with zero attached hydrogens (tertiary/aromatic N) is 1. The molecule has 1 saturated heterocycles. The smallest absolute Gasteiger partial charge is 0.247 e. The molecule has 0 aliphatic carbocycles. The Morgan fingerprint density at radius 2 is 2.00 bits per heavy atom. The van der Waals surface area contributed by atoms with Gasteiger partial charge in [-0.1, -0.05) is 23.2 Å². The molecule has 1 aliphatic heterocycles. The summed E-state index contributed by atoms with van der Waals surface area (Å²) >= 11 is 13.1. The van der Waals surface area contributed by atoms with E-state index in [0.717, 1.165) is 4.90 Å². The third-order valence-corrected chi connectivity index (χ3v) is 4.68. The molecule has 1 aromatic rings. The number of hydrogen-bond donors (Lipinski definition) is 1. The maximum absolute atomic E-state index is 12.2. The van der Waals surface area contributed by atoms with E-state index in [4.69, 9.17) is 28.9 Å². The minimum atomic E-state index is -0.356. The molecule has 20 heavy (non-hydrogen) atoms. The van der Waals surface area contributed by atoms with E-state index in [2.05, 4.69) is 0 Å². The highest BCUT2D eigenvalue weighted by Crippen LogP contribution is 2.33. The lowest BCUT2D eigenvalue weighted by Gasteiger charge is -2.15. The van der Waals surface area contributed by atoms with Gasteiger partial charge in [0.1, 0.15) is 0 Å². The van der Waals surface area contributed by atoms with Gasteiger partial charge in [0.2, 0.25) is 11.8 Å². The lowest BCUT2D eigenvalue weighted by atomic mass is 10.3. The summed E-state index contributed by atoms with van der Waals surface area (Å²) in [5.41, 5.74) is 5.86. The van der Waals surface area contributed by atoms with Crippen molar-refractivity contribution in [3.05, 3.63) is 28.2 Å². The molecule has 2 N–H and O–H groups in total. The SMILES string of the molecule is NCCSC1CC(=O)N(c2ccc(Cl)c(Cl)c2)C1=O.[Cl-]. The van der Waals surface area contributed by atoms with E-state index in [1.807, 2.05) is 0 Å². The van der Waals surface area contributed by atoms with E-state index in [0.29, 0.717) is 28.0 Å². The number of anilines is 1. The zero-order valence-electron chi connectivity index (χ0n) is 10.3. The topological polar surface area (TPSA) is 63.4 Å². The molecule has 0 radical (unpaired) electrons. The minimum absolute atomic E-state index is 0. The first-order valence-corrected chi connectivity index (χ1v) is 7.48. The number of benzene rings is 1. The van der Waals surface area contributed by atoms with Gasteiger partial charge in [-0.3, -0.25) is 9.59 Å². The summed E-state index contributed by atoms with van der Waals surface area (Å²) in [6.07, 6.45) is 0.198. The average Bonchev–Trinajstić information content (AvgIpc) is 2.65. The largest absolute Gasteiger partial charge is 1.00 e. The molecule has 2 rings (SSSR count). The van der Waals surface area contributed by atoms with Crippen molar-refractivity contribution in [1.82, 2.24) is 0 Å². The second-order valence-electron chi connectivity index (χ2n) is 4.02.